The number of phosphoric acid groups is 1. The van der Waals surface area contributed by atoms with Gasteiger partial charge < -0.3 is 28.5 Å². The molecule has 0 heterocycles. The van der Waals surface area contributed by atoms with Crippen LogP contribution < -0.4 is 10.2 Å². The standard InChI is InChI=1S/C73H133N2O7P/c1-7-10-13-16-19-22-25-28-30-32-34-36-37-39-41-43-45-48-51-54-57-60-63-66-73(77)82-71(64-61-58-55-52-49-46-27-24-21-18-15-12-9-3)70(69-81-83(78,79)80-68-67-75(4,5)6)74-72(76)65-62-59-56-53-50-47-44-42-40-38-35-33-31-29-26-23-20-17-14-11-8-2/h19-20,22-23,28-31,34-36,38,61,64,70-71H,7-18,21,24-27,32-33,37,39-60,62-63,65-69H2,1-6H3,(H-,74,76,78,79)/b22-19-,23-20-,30-28-,31-29-,36-34-,38-35-,64-61+. The fourth-order valence-electron chi connectivity index (χ4n) is 9.89. The number of likely N-dealkylation sites (N-methyl/N-ethyl adjacent to an activating group) is 1. The summed E-state index contributed by atoms with van der Waals surface area (Å²) in [6, 6.07) is -0.899. The van der Waals surface area contributed by atoms with Crippen LogP contribution in [0.5, 0.6) is 0 Å². The second-order valence-corrected chi connectivity index (χ2v) is 26.1. The molecule has 0 rings (SSSR count). The molecule has 0 bridgehead atoms. The summed E-state index contributed by atoms with van der Waals surface area (Å²) < 4.78 is 30.4. The van der Waals surface area contributed by atoms with E-state index in [1.54, 1.807) is 0 Å². The Hall–Kier alpha value is -2.81. The summed E-state index contributed by atoms with van der Waals surface area (Å²) in [5.74, 6) is -0.548. The number of phosphoric ester groups is 1. The summed E-state index contributed by atoms with van der Waals surface area (Å²) in [5.41, 5.74) is 0. The third kappa shape index (κ3) is 63.5. The lowest BCUT2D eigenvalue weighted by atomic mass is 10.0. The molecule has 0 aliphatic rings. The van der Waals surface area contributed by atoms with Gasteiger partial charge in [0.25, 0.3) is 7.82 Å². The van der Waals surface area contributed by atoms with E-state index < -0.39 is 26.6 Å². The SMILES string of the molecule is CCCCC/C=C\C/C=C\C/C=C\CCCCCCCCCCCCC(=O)OC(/C=C/CCCCCCCCCCCCC)C(COP(=O)([O-])OCC[N+](C)(C)C)NC(=O)CCCCCCCCCC/C=C\C/C=C\C/C=C\CCCCC. The smallest absolute Gasteiger partial charge is 0.306 e. The van der Waals surface area contributed by atoms with Crippen LogP contribution in [0.3, 0.4) is 0 Å². The van der Waals surface area contributed by atoms with Crippen LogP contribution >= 0.6 is 7.82 Å². The molecule has 0 saturated carbocycles. The Balaban J connectivity index is 5.17. The largest absolute Gasteiger partial charge is 0.756 e. The Labute approximate surface area is 514 Å². The van der Waals surface area contributed by atoms with E-state index in [-0.39, 0.29) is 24.9 Å². The van der Waals surface area contributed by atoms with Crippen LogP contribution in [0.15, 0.2) is 85.1 Å². The molecule has 83 heavy (non-hydrogen) atoms. The van der Waals surface area contributed by atoms with Crippen molar-refractivity contribution in [3.05, 3.63) is 85.1 Å². The molecule has 482 valence electrons. The molecule has 0 saturated heterocycles. The molecule has 0 aromatic carbocycles. The number of hydrogen-bond acceptors (Lipinski definition) is 7. The average molecular weight is 1180 g/mol. The van der Waals surface area contributed by atoms with Gasteiger partial charge in [-0.1, -0.05) is 280 Å². The number of unbranched alkanes of at least 4 members (excludes halogenated alkanes) is 35. The number of amides is 1. The Morgan fingerprint density at radius 2 is 0.735 bits per heavy atom. The highest BCUT2D eigenvalue weighted by atomic mass is 31.2. The first-order valence-electron chi connectivity index (χ1n) is 34.9. The van der Waals surface area contributed by atoms with E-state index in [4.69, 9.17) is 13.8 Å². The van der Waals surface area contributed by atoms with Gasteiger partial charge in [-0.25, -0.2) is 0 Å². The molecule has 0 aromatic heterocycles. The van der Waals surface area contributed by atoms with Crippen molar-refractivity contribution >= 4 is 19.7 Å². The predicted octanol–water partition coefficient (Wildman–Crippen LogP) is 21.5. The summed E-state index contributed by atoms with van der Waals surface area (Å²) in [6.07, 6.45) is 82.6. The first-order valence-corrected chi connectivity index (χ1v) is 36.4. The molecular formula is C73H133N2O7P. The third-order valence-corrected chi connectivity index (χ3v) is 16.3. The number of carbonyl (C=O) groups excluding carboxylic acids is 2. The second-order valence-electron chi connectivity index (χ2n) is 24.7. The maximum absolute atomic E-state index is 13.6. The maximum atomic E-state index is 13.6. The van der Waals surface area contributed by atoms with E-state index in [9.17, 15) is 19.0 Å². The minimum Gasteiger partial charge on any atom is -0.756 e. The summed E-state index contributed by atoms with van der Waals surface area (Å²) >= 11 is 0. The van der Waals surface area contributed by atoms with Gasteiger partial charge in [0.15, 0.2) is 0 Å². The molecule has 3 unspecified atom stereocenters. The number of quaternary nitrogens is 1. The minimum absolute atomic E-state index is 0.0272. The van der Waals surface area contributed by atoms with E-state index in [2.05, 4.69) is 99.0 Å². The minimum atomic E-state index is -4.71. The van der Waals surface area contributed by atoms with Crippen LogP contribution in [-0.4, -0.2) is 69.4 Å². The zero-order valence-corrected chi connectivity index (χ0v) is 56.0. The Morgan fingerprint density at radius 1 is 0.422 bits per heavy atom. The van der Waals surface area contributed by atoms with Crippen LogP contribution in [0, 0.1) is 0 Å². The van der Waals surface area contributed by atoms with Gasteiger partial charge in [0, 0.05) is 12.8 Å². The lowest BCUT2D eigenvalue weighted by molar-refractivity contribution is -0.870. The quantitative estimate of drug-likeness (QED) is 0.0212. The van der Waals surface area contributed by atoms with Crippen LogP contribution in [0.4, 0.5) is 0 Å². The number of nitrogens with one attached hydrogen (secondary N) is 1. The Kier molecular flexibility index (Phi) is 60.1. The molecule has 0 aromatic rings. The third-order valence-electron chi connectivity index (χ3n) is 15.3. The van der Waals surface area contributed by atoms with Crippen LogP contribution in [0.25, 0.3) is 0 Å². The van der Waals surface area contributed by atoms with Gasteiger partial charge in [0.05, 0.1) is 33.8 Å². The normalized spacial score (nSPS) is 14.1. The Bertz CT molecular complexity index is 1700. The molecular weight excluding hydrogens is 1050 g/mol. The predicted molar refractivity (Wildman–Crippen MR) is 358 cm³/mol. The van der Waals surface area contributed by atoms with Crippen molar-refractivity contribution in [2.45, 2.75) is 328 Å². The number of nitrogens with zero attached hydrogens (tertiary/aromatic N) is 1. The van der Waals surface area contributed by atoms with Crippen molar-refractivity contribution in [1.82, 2.24) is 5.32 Å². The summed E-state index contributed by atoms with van der Waals surface area (Å²) in [4.78, 5) is 40.2. The van der Waals surface area contributed by atoms with Gasteiger partial charge in [-0.05, 0) is 109 Å². The monoisotopic (exact) mass is 1180 g/mol. The number of rotatable bonds is 63. The lowest BCUT2D eigenvalue weighted by Gasteiger charge is -2.30. The first kappa shape index (κ1) is 80.2. The van der Waals surface area contributed by atoms with Crippen LogP contribution in [0.1, 0.15) is 316 Å². The summed E-state index contributed by atoms with van der Waals surface area (Å²) in [5, 5.41) is 3.04. The van der Waals surface area contributed by atoms with Crippen molar-refractivity contribution in [1.29, 1.82) is 0 Å². The van der Waals surface area contributed by atoms with Gasteiger partial charge in [-0.15, -0.1) is 0 Å². The fraction of sp³-hybridized carbons (Fsp3) is 0.781. The highest BCUT2D eigenvalue weighted by molar-refractivity contribution is 7.45. The number of allylic oxidation sites excluding steroid dienone is 13. The summed E-state index contributed by atoms with van der Waals surface area (Å²) in [7, 11) is 1.18. The molecule has 3 atom stereocenters. The van der Waals surface area contributed by atoms with Gasteiger partial charge in [-0.3, -0.25) is 14.2 Å². The number of esters is 1. The van der Waals surface area contributed by atoms with Crippen molar-refractivity contribution in [3.8, 4) is 0 Å². The molecule has 10 heteroatoms. The zero-order valence-electron chi connectivity index (χ0n) is 55.1. The Morgan fingerprint density at radius 3 is 1.12 bits per heavy atom. The topological polar surface area (TPSA) is 114 Å². The zero-order chi connectivity index (χ0) is 60.7. The van der Waals surface area contributed by atoms with E-state index in [1.807, 2.05) is 33.3 Å². The van der Waals surface area contributed by atoms with Crippen molar-refractivity contribution in [2.24, 2.45) is 0 Å². The molecule has 0 aliphatic heterocycles. The molecule has 9 nitrogen and oxygen atoms in total. The van der Waals surface area contributed by atoms with Crippen molar-refractivity contribution < 1.29 is 37.3 Å². The van der Waals surface area contributed by atoms with E-state index in [1.165, 1.54) is 180 Å². The molecule has 0 spiro atoms. The molecule has 0 fully saturated rings. The van der Waals surface area contributed by atoms with E-state index in [0.29, 0.717) is 17.4 Å². The molecule has 1 amide bonds. The van der Waals surface area contributed by atoms with Crippen molar-refractivity contribution in [2.75, 3.05) is 40.9 Å². The lowest BCUT2D eigenvalue weighted by Crippen LogP contribution is -2.47. The molecule has 0 radical (unpaired) electrons. The van der Waals surface area contributed by atoms with Gasteiger partial charge in [0.1, 0.15) is 19.3 Å². The van der Waals surface area contributed by atoms with E-state index >= 15 is 0 Å². The maximum Gasteiger partial charge on any atom is 0.306 e. The van der Waals surface area contributed by atoms with Gasteiger partial charge in [-0.2, -0.15) is 0 Å². The first-order chi connectivity index (χ1) is 40.4. The molecule has 1 N–H and O–H groups in total. The van der Waals surface area contributed by atoms with Crippen molar-refractivity contribution in [3.63, 3.8) is 0 Å². The van der Waals surface area contributed by atoms with E-state index in [0.717, 1.165) is 103 Å². The fourth-order valence-corrected chi connectivity index (χ4v) is 10.6. The number of carbonyl (C=O) groups is 2. The number of ether oxygens (including phenoxy) is 1. The number of hydrogen-bond donors (Lipinski definition) is 1. The van der Waals surface area contributed by atoms with Gasteiger partial charge >= 0.3 is 5.97 Å². The molecule has 0 aliphatic carbocycles. The average Bonchev–Trinajstić information content (AvgIpc) is 3.47. The second kappa shape index (κ2) is 62.2. The van der Waals surface area contributed by atoms with Gasteiger partial charge in [0.2, 0.25) is 5.91 Å². The highest BCUT2D eigenvalue weighted by Crippen LogP contribution is 2.38. The highest BCUT2D eigenvalue weighted by Gasteiger charge is 2.27. The van der Waals surface area contributed by atoms with Crippen LogP contribution in [-0.2, 0) is 27.9 Å². The van der Waals surface area contributed by atoms with Crippen LogP contribution in [0.2, 0.25) is 0 Å². The summed E-state index contributed by atoms with van der Waals surface area (Å²) in [6.45, 7) is 6.81.